The van der Waals surface area contributed by atoms with Crippen molar-refractivity contribution in [1.29, 1.82) is 0 Å². The van der Waals surface area contributed by atoms with Crippen molar-refractivity contribution in [3.8, 4) is 0 Å². The SMILES string of the molecule is CCC(C)CC(NN)c1ncc(C)cn1. The molecule has 0 spiro atoms. The zero-order chi connectivity index (χ0) is 11.3. The Balaban J connectivity index is 2.69. The summed E-state index contributed by atoms with van der Waals surface area (Å²) in [5.74, 6) is 6.92. The highest BCUT2D eigenvalue weighted by atomic mass is 15.2. The molecule has 84 valence electrons. The van der Waals surface area contributed by atoms with Gasteiger partial charge < -0.3 is 0 Å². The van der Waals surface area contributed by atoms with Crippen LogP contribution in [0.5, 0.6) is 0 Å². The molecule has 4 nitrogen and oxygen atoms in total. The Bertz CT molecular complexity index is 283. The van der Waals surface area contributed by atoms with Gasteiger partial charge in [0.1, 0.15) is 5.82 Å². The average molecular weight is 208 g/mol. The van der Waals surface area contributed by atoms with Crippen molar-refractivity contribution in [2.24, 2.45) is 11.8 Å². The van der Waals surface area contributed by atoms with Crippen LogP contribution in [0.2, 0.25) is 0 Å². The minimum absolute atomic E-state index is 0.0561. The van der Waals surface area contributed by atoms with E-state index >= 15 is 0 Å². The van der Waals surface area contributed by atoms with Crippen LogP contribution in [0.3, 0.4) is 0 Å². The van der Waals surface area contributed by atoms with Crippen LogP contribution in [-0.4, -0.2) is 9.97 Å². The first kappa shape index (κ1) is 12.1. The molecule has 0 fully saturated rings. The third-order valence-electron chi connectivity index (χ3n) is 2.65. The van der Waals surface area contributed by atoms with E-state index in [1.54, 1.807) is 0 Å². The van der Waals surface area contributed by atoms with Crippen LogP contribution in [0, 0.1) is 12.8 Å². The minimum Gasteiger partial charge on any atom is -0.271 e. The molecule has 2 atom stereocenters. The van der Waals surface area contributed by atoms with Crippen LogP contribution in [0.25, 0.3) is 0 Å². The normalized spacial score (nSPS) is 14.9. The topological polar surface area (TPSA) is 63.8 Å². The molecule has 1 aromatic heterocycles. The predicted octanol–water partition coefficient (Wildman–Crippen LogP) is 1.73. The Kier molecular flexibility index (Phi) is 4.65. The first-order valence-corrected chi connectivity index (χ1v) is 5.42. The highest BCUT2D eigenvalue weighted by Crippen LogP contribution is 2.19. The summed E-state index contributed by atoms with van der Waals surface area (Å²) in [7, 11) is 0. The molecule has 3 N–H and O–H groups in total. The molecule has 0 bridgehead atoms. The number of nitrogens with two attached hydrogens (primary N) is 1. The number of hydrogen-bond donors (Lipinski definition) is 2. The van der Waals surface area contributed by atoms with Crippen molar-refractivity contribution in [2.75, 3.05) is 0 Å². The molecule has 0 radical (unpaired) electrons. The number of rotatable bonds is 5. The Labute approximate surface area is 91.3 Å². The van der Waals surface area contributed by atoms with E-state index in [0.29, 0.717) is 5.92 Å². The minimum atomic E-state index is 0.0561. The van der Waals surface area contributed by atoms with Gasteiger partial charge in [-0.3, -0.25) is 5.84 Å². The van der Waals surface area contributed by atoms with Crippen LogP contribution in [0.1, 0.15) is 44.1 Å². The molecule has 1 aromatic rings. The molecule has 1 heterocycles. The number of nitrogens with one attached hydrogen (secondary N) is 1. The molecule has 1 rings (SSSR count). The maximum absolute atomic E-state index is 5.52. The Morgan fingerprint density at radius 3 is 2.47 bits per heavy atom. The molecule has 0 aliphatic carbocycles. The summed E-state index contributed by atoms with van der Waals surface area (Å²) in [5.41, 5.74) is 3.85. The summed E-state index contributed by atoms with van der Waals surface area (Å²) in [6.07, 6.45) is 5.76. The summed E-state index contributed by atoms with van der Waals surface area (Å²) in [5, 5.41) is 0. The molecule has 0 saturated heterocycles. The maximum atomic E-state index is 5.52. The summed E-state index contributed by atoms with van der Waals surface area (Å²) in [4.78, 5) is 8.57. The highest BCUT2D eigenvalue weighted by Gasteiger charge is 2.15. The number of aryl methyl sites for hydroxylation is 1. The van der Waals surface area contributed by atoms with Crippen LogP contribution in [0.15, 0.2) is 12.4 Å². The average Bonchev–Trinajstić information content (AvgIpc) is 2.27. The molecule has 0 saturated carbocycles. The van der Waals surface area contributed by atoms with Gasteiger partial charge in [0.15, 0.2) is 0 Å². The third-order valence-corrected chi connectivity index (χ3v) is 2.65. The van der Waals surface area contributed by atoms with Crippen LogP contribution in [0.4, 0.5) is 0 Å². The highest BCUT2D eigenvalue weighted by molar-refractivity contribution is 5.04. The molecule has 0 aliphatic heterocycles. The van der Waals surface area contributed by atoms with Crippen molar-refractivity contribution in [3.63, 3.8) is 0 Å². The van der Waals surface area contributed by atoms with E-state index in [9.17, 15) is 0 Å². The van der Waals surface area contributed by atoms with E-state index in [0.717, 1.165) is 24.2 Å². The second-order valence-corrected chi connectivity index (χ2v) is 4.09. The fourth-order valence-electron chi connectivity index (χ4n) is 1.40. The lowest BCUT2D eigenvalue weighted by molar-refractivity contribution is 0.394. The number of nitrogens with zero attached hydrogens (tertiary/aromatic N) is 2. The summed E-state index contributed by atoms with van der Waals surface area (Å²) in [6.45, 7) is 6.36. The van der Waals surface area contributed by atoms with Crippen LogP contribution in [-0.2, 0) is 0 Å². The summed E-state index contributed by atoms with van der Waals surface area (Å²) >= 11 is 0. The monoisotopic (exact) mass is 208 g/mol. The van der Waals surface area contributed by atoms with Crippen LogP contribution < -0.4 is 11.3 Å². The van der Waals surface area contributed by atoms with Gasteiger partial charge in [-0.2, -0.15) is 0 Å². The summed E-state index contributed by atoms with van der Waals surface area (Å²) < 4.78 is 0. The Hall–Kier alpha value is -1.00. The fraction of sp³-hybridized carbons (Fsp3) is 0.636. The van der Waals surface area contributed by atoms with Crippen molar-refractivity contribution in [1.82, 2.24) is 15.4 Å². The molecule has 0 aromatic carbocycles. The standard InChI is InChI=1S/C11H20N4/c1-4-8(2)5-10(15-12)11-13-6-9(3)7-14-11/h6-8,10,15H,4-5,12H2,1-3H3. The Morgan fingerprint density at radius 1 is 1.40 bits per heavy atom. The first-order valence-electron chi connectivity index (χ1n) is 5.42. The van der Waals surface area contributed by atoms with Gasteiger partial charge in [0.2, 0.25) is 0 Å². The number of hydrazine groups is 1. The van der Waals surface area contributed by atoms with E-state index in [1.165, 1.54) is 0 Å². The summed E-state index contributed by atoms with van der Waals surface area (Å²) in [6, 6.07) is 0.0561. The van der Waals surface area contributed by atoms with E-state index in [-0.39, 0.29) is 6.04 Å². The van der Waals surface area contributed by atoms with Gasteiger partial charge in [-0.05, 0) is 24.8 Å². The van der Waals surface area contributed by atoms with Gasteiger partial charge in [-0.25, -0.2) is 15.4 Å². The van der Waals surface area contributed by atoms with Crippen LogP contribution >= 0.6 is 0 Å². The van der Waals surface area contributed by atoms with E-state index in [1.807, 2.05) is 19.3 Å². The fourth-order valence-corrected chi connectivity index (χ4v) is 1.40. The molecule has 0 aliphatic rings. The lowest BCUT2D eigenvalue weighted by Gasteiger charge is -2.17. The molecule has 0 amide bonds. The van der Waals surface area contributed by atoms with Gasteiger partial charge in [-0.1, -0.05) is 20.3 Å². The molecular formula is C11H20N4. The van der Waals surface area contributed by atoms with E-state index in [2.05, 4.69) is 29.2 Å². The van der Waals surface area contributed by atoms with Crippen molar-refractivity contribution >= 4 is 0 Å². The largest absolute Gasteiger partial charge is 0.271 e. The maximum Gasteiger partial charge on any atom is 0.146 e. The van der Waals surface area contributed by atoms with Gasteiger partial charge in [-0.15, -0.1) is 0 Å². The van der Waals surface area contributed by atoms with Crippen molar-refractivity contribution < 1.29 is 0 Å². The second kappa shape index (κ2) is 5.78. The van der Waals surface area contributed by atoms with Gasteiger partial charge in [0.05, 0.1) is 6.04 Å². The lowest BCUT2D eigenvalue weighted by atomic mass is 9.99. The Morgan fingerprint density at radius 2 is 2.00 bits per heavy atom. The van der Waals surface area contributed by atoms with Crippen molar-refractivity contribution in [2.45, 2.75) is 39.7 Å². The quantitative estimate of drug-likeness (QED) is 0.571. The molecule has 15 heavy (non-hydrogen) atoms. The smallest absolute Gasteiger partial charge is 0.146 e. The first-order chi connectivity index (χ1) is 7.17. The van der Waals surface area contributed by atoms with E-state index in [4.69, 9.17) is 5.84 Å². The third kappa shape index (κ3) is 3.57. The second-order valence-electron chi connectivity index (χ2n) is 4.09. The predicted molar refractivity (Wildman–Crippen MR) is 60.9 cm³/mol. The number of hydrogen-bond acceptors (Lipinski definition) is 4. The molecular weight excluding hydrogens is 188 g/mol. The van der Waals surface area contributed by atoms with E-state index < -0.39 is 0 Å². The lowest BCUT2D eigenvalue weighted by Crippen LogP contribution is -2.30. The van der Waals surface area contributed by atoms with Gasteiger partial charge >= 0.3 is 0 Å². The van der Waals surface area contributed by atoms with Crippen molar-refractivity contribution in [3.05, 3.63) is 23.8 Å². The molecule has 4 heteroatoms. The zero-order valence-corrected chi connectivity index (χ0v) is 9.70. The number of aromatic nitrogens is 2. The van der Waals surface area contributed by atoms with Gasteiger partial charge in [0.25, 0.3) is 0 Å². The molecule has 2 unspecified atom stereocenters. The van der Waals surface area contributed by atoms with Gasteiger partial charge in [0, 0.05) is 12.4 Å². The zero-order valence-electron chi connectivity index (χ0n) is 9.70.